The number of aromatic nitrogens is 1. The maximum atomic E-state index is 11.5. The zero-order chi connectivity index (χ0) is 12.9. The van der Waals surface area contributed by atoms with Gasteiger partial charge in [-0.25, -0.2) is 18.1 Å². The fraction of sp³-hybridized carbons (Fsp3) is 0.333. The van der Waals surface area contributed by atoms with Gasteiger partial charge < -0.3 is 5.32 Å². The molecule has 1 aromatic rings. The number of pyridine rings is 1. The Bertz CT molecular complexity index is 487. The highest BCUT2D eigenvalue weighted by atomic mass is 35.5. The Morgan fingerprint density at radius 2 is 2.12 bits per heavy atom. The quantitative estimate of drug-likeness (QED) is 0.586. The van der Waals surface area contributed by atoms with Crippen molar-refractivity contribution in [2.75, 3.05) is 19.3 Å². The van der Waals surface area contributed by atoms with Gasteiger partial charge >= 0.3 is 0 Å². The van der Waals surface area contributed by atoms with Crippen LogP contribution >= 0.6 is 11.6 Å². The molecule has 1 rings (SSSR count). The largest absolute Gasteiger partial charge is 0.351 e. The summed E-state index contributed by atoms with van der Waals surface area (Å²) in [5.41, 5.74) is 0.369. The summed E-state index contributed by atoms with van der Waals surface area (Å²) in [7, 11) is -3.22. The van der Waals surface area contributed by atoms with E-state index in [4.69, 9.17) is 11.6 Å². The molecule has 0 saturated carbocycles. The van der Waals surface area contributed by atoms with Crippen molar-refractivity contribution in [2.45, 2.75) is 0 Å². The van der Waals surface area contributed by atoms with E-state index in [-0.39, 0.29) is 19.0 Å². The van der Waals surface area contributed by atoms with Gasteiger partial charge in [0.05, 0.1) is 11.8 Å². The van der Waals surface area contributed by atoms with E-state index < -0.39 is 10.0 Å². The van der Waals surface area contributed by atoms with Gasteiger partial charge in [0.2, 0.25) is 10.0 Å². The lowest BCUT2D eigenvalue weighted by Gasteiger charge is -2.05. The van der Waals surface area contributed by atoms with E-state index in [1.807, 2.05) is 0 Å². The summed E-state index contributed by atoms with van der Waals surface area (Å²) in [6.45, 7) is 0.347. The number of nitrogens with one attached hydrogen (secondary N) is 2. The molecule has 0 spiro atoms. The molecule has 94 valence electrons. The average Bonchev–Trinajstić information content (AvgIpc) is 2.24. The maximum Gasteiger partial charge on any atom is 0.252 e. The highest BCUT2D eigenvalue weighted by Gasteiger charge is 2.05. The second-order valence-electron chi connectivity index (χ2n) is 3.29. The molecule has 0 bridgehead atoms. The zero-order valence-corrected chi connectivity index (χ0v) is 10.7. The number of hydrogen-bond acceptors (Lipinski definition) is 4. The lowest BCUT2D eigenvalue weighted by molar-refractivity contribution is 0.0954. The van der Waals surface area contributed by atoms with E-state index in [2.05, 4.69) is 15.0 Å². The SMILES string of the molecule is CS(=O)(=O)NCCNC(=O)c1ccc(Cl)nc1. The first-order valence-corrected chi connectivity index (χ1v) is 7.00. The third kappa shape index (κ3) is 5.62. The predicted molar refractivity (Wildman–Crippen MR) is 64.4 cm³/mol. The van der Waals surface area contributed by atoms with Gasteiger partial charge in [-0.15, -0.1) is 0 Å². The van der Waals surface area contributed by atoms with E-state index >= 15 is 0 Å². The minimum absolute atomic E-state index is 0.144. The van der Waals surface area contributed by atoms with Crippen LogP contribution in [0, 0.1) is 0 Å². The molecule has 0 fully saturated rings. The molecule has 8 heteroatoms. The van der Waals surface area contributed by atoms with E-state index in [1.54, 1.807) is 0 Å². The number of halogens is 1. The van der Waals surface area contributed by atoms with Gasteiger partial charge in [0.25, 0.3) is 5.91 Å². The van der Waals surface area contributed by atoms with Gasteiger partial charge in [-0.3, -0.25) is 4.79 Å². The Kier molecular flexibility index (Phi) is 4.86. The minimum Gasteiger partial charge on any atom is -0.351 e. The normalized spacial score (nSPS) is 11.2. The monoisotopic (exact) mass is 277 g/mol. The number of rotatable bonds is 5. The van der Waals surface area contributed by atoms with E-state index in [9.17, 15) is 13.2 Å². The minimum atomic E-state index is -3.22. The van der Waals surface area contributed by atoms with Crippen LogP contribution in [0.1, 0.15) is 10.4 Å². The predicted octanol–water partition coefficient (Wildman–Crippen LogP) is 0.0140. The molecular formula is C9H12ClN3O3S. The molecule has 0 aliphatic heterocycles. The molecule has 1 heterocycles. The van der Waals surface area contributed by atoms with Crippen LogP contribution in [0.15, 0.2) is 18.3 Å². The van der Waals surface area contributed by atoms with Gasteiger partial charge in [-0.05, 0) is 12.1 Å². The number of nitrogens with zero attached hydrogens (tertiary/aromatic N) is 1. The molecule has 0 atom stereocenters. The van der Waals surface area contributed by atoms with Crippen LogP contribution in [-0.4, -0.2) is 38.7 Å². The first-order valence-electron chi connectivity index (χ1n) is 4.73. The first kappa shape index (κ1) is 13.9. The molecule has 0 aliphatic carbocycles. The van der Waals surface area contributed by atoms with Gasteiger partial charge in [0.1, 0.15) is 5.15 Å². The van der Waals surface area contributed by atoms with Crippen LogP contribution in [0.3, 0.4) is 0 Å². The van der Waals surface area contributed by atoms with Gasteiger partial charge in [0, 0.05) is 19.3 Å². The summed E-state index contributed by atoms with van der Waals surface area (Å²) in [4.78, 5) is 15.3. The van der Waals surface area contributed by atoms with Gasteiger partial charge in [-0.1, -0.05) is 11.6 Å². The van der Waals surface area contributed by atoms with Crippen molar-refractivity contribution in [3.8, 4) is 0 Å². The topological polar surface area (TPSA) is 88.2 Å². The van der Waals surface area contributed by atoms with Gasteiger partial charge in [0.15, 0.2) is 0 Å². The van der Waals surface area contributed by atoms with Crippen LogP contribution in [-0.2, 0) is 10.0 Å². The van der Waals surface area contributed by atoms with Gasteiger partial charge in [-0.2, -0.15) is 0 Å². The Hall–Kier alpha value is -1.18. The van der Waals surface area contributed by atoms with E-state index in [0.29, 0.717) is 10.7 Å². The van der Waals surface area contributed by atoms with Crippen molar-refractivity contribution in [3.05, 3.63) is 29.0 Å². The molecule has 0 saturated heterocycles. The molecule has 0 unspecified atom stereocenters. The summed E-state index contributed by atoms with van der Waals surface area (Å²) in [6, 6.07) is 3.04. The van der Waals surface area contributed by atoms with Crippen LogP contribution in [0.4, 0.5) is 0 Å². The molecule has 0 aromatic carbocycles. The molecular weight excluding hydrogens is 266 g/mol. The summed E-state index contributed by atoms with van der Waals surface area (Å²) < 4.78 is 23.7. The number of hydrogen-bond donors (Lipinski definition) is 2. The Balaban J connectivity index is 2.38. The summed E-state index contributed by atoms with van der Waals surface area (Å²) >= 11 is 5.57. The highest BCUT2D eigenvalue weighted by Crippen LogP contribution is 2.04. The van der Waals surface area contributed by atoms with E-state index in [1.165, 1.54) is 18.3 Å². The smallest absolute Gasteiger partial charge is 0.252 e. The van der Waals surface area contributed by atoms with Crippen molar-refractivity contribution >= 4 is 27.5 Å². The standard InChI is InChI=1S/C9H12ClN3O3S/c1-17(15,16)13-5-4-11-9(14)7-2-3-8(10)12-6-7/h2-3,6,13H,4-5H2,1H3,(H,11,14). The third-order valence-corrected chi connectivity index (χ3v) is 2.72. The Morgan fingerprint density at radius 3 is 2.65 bits per heavy atom. The number of amides is 1. The lowest BCUT2D eigenvalue weighted by Crippen LogP contribution is -2.34. The van der Waals surface area contributed by atoms with Crippen LogP contribution in [0.25, 0.3) is 0 Å². The summed E-state index contributed by atoms with van der Waals surface area (Å²) in [6.07, 6.45) is 2.40. The Labute approximate surface area is 104 Å². The van der Waals surface area contributed by atoms with Crippen molar-refractivity contribution in [3.63, 3.8) is 0 Å². The molecule has 17 heavy (non-hydrogen) atoms. The maximum absolute atomic E-state index is 11.5. The van der Waals surface area contributed by atoms with Crippen LogP contribution in [0.5, 0.6) is 0 Å². The first-order chi connectivity index (χ1) is 7.88. The van der Waals surface area contributed by atoms with Crippen LogP contribution < -0.4 is 10.0 Å². The Morgan fingerprint density at radius 1 is 1.41 bits per heavy atom. The molecule has 6 nitrogen and oxygen atoms in total. The number of sulfonamides is 1. The molecule has 0 aliphatic rings. The summed E-state index contributed by atoms with van der Waals surface area (Å²) in [5.74, 6) is -0.329. The molecule has 1 aromatic heterocycles. The third-order valence-electron chi connectivity index (χ3n) is 1.76. The number of carbonyl (C=O) groups excluding carboxylic acids is 1. The fourth-order valence-electron chi connectivity index (χ4n) is 1.02. The highest BCUT2D eigenvalue weighted by molar-refractivity contribution is 7.88. The molecule has 2 N–H and O–H groups in total. The van der Waals surface area contributed by atoms with Crippen molar-refractivity contribution in [1.29, 1.82) is 0 Å². The second-order valence-corrected chi connectivity index (χ2v) is 5.51. The molecule has 1 amide bonds. The summed E-state index contributed by atoms with van der Waals surface area (Å²) in [5, 5.41) is 2.85. The second kappa shape index (κ2) is 5.95. The van der Waals surface area contributed by atoms with Crippen LogP contribution in [0.2, 0.25) is 5.15 Å². The fourth-order valence-corrected chi connectivity index (χ4v) is 1.61. The van der Waals surface area contributed by atoms with Crippen molar-refractivity contribution < 1.29 is 13.2 Å². The lowest BCUT2D eigenvalue weighted by atomic mass is 10.3. The molecule has 0 radical (unpaired) electrons. The zero-order valence-electron chi connectivity index (χ0n) is 9.10. The van der Waals surface area contributed by atoms with E-state index in [0.717, 1.165) is 6.26 Å². The average molecular weight is 278 g/mol. The van der Waals surface area contributed by atoms with Crippen molar-refractivity contribution in [1.82, 2.24) is 15.0 Å². The number of carbonyl (C=O) groups is 1. The van der Waals surface area contributed by atoms with Crippen molar-refractivity contribution in [2.24, 2.45) is 0 Å².